The van der Waals surface area contributed by atoms with Gasteiger partial charge in [0.05, 0.1) is 14.2 Å². The molecule has 0 amide bonds. The van der Waals surface area contributed by atoms with Crippen LogP contribution in [0.25, 0.3) is 0 Å². The first-order chi connectivity index (χ1) is 16.1. The number of hydrogen-bond donors (Lipinski definition) is 0. The number of aromatic nitrogens is 4. The van der Waals surface area contributed by atoms with Crippen LogP contribution in [0, 0.1) is 5.92 Å². The zero-order valence-corrected chi connectivity index (χ0v) is 20.0. The standard InChI is InChI=1S/C25H34N6O2/c1-19(2)13-14-31-25(26-27-28-31)23(21-11-8-12-22(32-3)24(21)33-4)30-17-15-29(16-18-30)20-9-6-5-7-10-20/h5-12,19,23H,13-18H2,1-4H3/t23-/m1/s1. The van der Waals surface area contributed by atoms with Crippen LogP contribution in [-0.2, 0) is 6.54 Å². The van der Waals surface area contributed by atoms with Crippen LogP contribution < -0.4 is 14.4 Å². The minimum absolute atomic E-state index is 0.130. The number of methoxy groups -OCH3 is 2. The fourth-order valence-corrected chi connectivity index (χ4v) is 4.45. The molecule has 1 saturated heterocycles. The molecule has 0 saturated carbocycles. The monoisotopic (exact) mass is 450 g/mol. The summed E-state index contributed by atoms with van der Waals surface area (Å²) >= 11 is 0. The van der Waals surface area contributed by atoms with E-state index in [1.54, 1.807) is 14.2 Å². The molecule has 8 nitrogen and oxygen atoms in total. The van der Waals surface area contributed by atoms with Crippen molar-refractivity contribution in [2.24, 2.45) is 5.92 Å². The van der Waals surface area contributed by atoms with Gasteiger partial charge in [0.2, 0.25) is 0 Å². The van der Waals surface area contributed by atoms with Gasteiger partial charge >= 0.3 is 0 Å². The van der Waals surface area contributed by atoms with Gasteiger partial charge in [0.25, 0.3) is 0 Å². The third-order valence-electron chi connectivity index (χ3n) is 6.25. The van der Waals surface area contributed by atoms with Gasteiger partial charge in [0.15, 0.2) is 17.3 Å². The zero-order chi connectivity index (χ0) is 23.2. The summed E-state index contributed by atoms with van der Waals surface area (Å²) in [7, 11) is 3.36. The summed E-state index contributed by atoms with van der Waals surface area (Å²) < 4.78 is 13.4. The lowest BCUT2D eigenvalue weighted by Crippen LogP contribution is -2.48. The number of tetrazole rings is 1. The van der Waals surface area contributed by atoms with Crippen molar-refractivity contribution in [2.45, 2.75) is 32.9 Å². The Hall–Kier alpha value is -3.13. The number of ether oxygens (including phenoxy) is 2. The average molecular weight is 451 g/mol. The second-order valence-corrected chi connectivity index (χ2v) is 8.79. The molecule has 1 aliphatic rings. The maximum absolute atomic E-state index is 5.83. The molecule has 1 aliphatic heterocycles. The van der Waals surface area contributed by atoms with Gasteiger partial charge in [-0.2, -0.15) is 0 Å². The van der Waals surface area contributed by atoms with Gasteiger partial charge in [0, 0.05) is 44.0 Å². The first-order valence-electron chi connectivity index (χ1n) is 11.6. The molecular weight excluding hydrogens is 416 g/mol. The molecule has 0 N–H and O–H groups in total. The zero-order valence-electron chi connectivity index (χ0n) is 20.0. The third kappa shape index (κ3) is 5.11. The largest absolute Gasteiger partial charge is 0.493 e. The Balaban J connectivity index is 1.67. The van der Waals surface area contributed by atoms with E-state index in [4.69, 9.17) is 9.47 Å². The molecule has 1 aromatic heterocycles. The van der Waals surface area contributed by atoms with Gasteiger partial charge in [0.1, 0.15) is 6.04 Å². The minimum Gasteiger partial charge on any atom is -0.493 e. The average Bonchev–Trinajstić information content (AvgIpc) is 3.31. The molecule has 0 bridgehead atoms. The predicted molar refractivity (Wildman–Crippen MR) is 129 cm³/mol. The number of hydrogen-bond acceptors (Lipinski definition) is 7. The van der Waals surface area contributed by atoms with Crippen LogP contribution in [0.2, 0.25) is 0 Å². The number of aryl methyl sites for hydroxylation is 1. The summed E-state index contributed by atoms with van der Waals surface area (Å²) in [5.74, 6) is 2.86. The van der Waals surface area contributed by atoms with Crippen LogP contribution in [0.1, 0.15) is 37.7 Å². The lowest BCUT2D eigenvalue weighted by molar-refractivity contribution is 0.196. The number of anilines is 1. The molecular formula is C25H34N6O2. The van der Waals surface area contributed by atoms with E-state index in [9.17, 15) is 0 Å². The van der Waals surface area contributed by atoms with E-state index in [-0.39, 0.29) is 6.04 Å². The Morgan fingerprint density at radius 3 is 2.33 bits per heavy atom. The number of benzene rings is 2. The lowest BCUT2D eigenvalue weighted by atomic mass is 10.0. The fraction of sp³-hybridized carbons (Fsp3) is 0.480. The summed E-state index contributed by atoms with van der Waals surface area (Å²) in [5, 5.41) is 12.9. The Bertz CT molecular complexity index is 1010. The van der Waals surface area contributed by atoms with Gasteiger partial charge in [-0.25, -0.2) is 4.68 Å². The van der Waals surface area contributed by atoms with Crippen molar-refractivity contribution in [3.63, 3.8) is 0 Å². The Labute approximate surface area is 196 Å². The highest BCUT2D eigenvalue weighted by Crippen LogP contribution is 2.40. The van der Waals surface area contributed by atoms with Crippen molar-refractivity contribution in [2.75, 3.05) is 45.3 Å². The molecule has 176 valence electrons. The van der Waals surface area contributed by atoms with E-state index in [2.05, 4.69) is 75.6 Å². The van der Waals surface area contributed by atoms with E-state index in [1.165, 1.54) is 5.69 Å². The van der Waals surface area contributed by atoms with Gasteiger partial charge in [-0.1, -0.05) is 44.2 Å². The van der Waals surface area contributed by atoms with E-state index >= 15 is 0 Å². The normalized spacial score (nSPS) is 15.6. The summed E-state index contributed by atoms with van der Waals surface area (Å²) in [4.78, 5) is 4.88. The second-order valence-electron chi connectivity index (χ2n) is 8.79. The van der Waals surface area contributed by atoms with Crippen molar-refractivity contribution < 1.29 is 9.47 Å². The molecule has 8 heteroatoms. The molecule has 4 rings (SSSR count). The van der Waals surface area contributed by atoms with Crippen LogP contribution in [-0.4, -0.2) is 65.5 Å². The van der Waals surface area contributed by atoms with E-state index in [0.29, 0.717) is 11.7 Å². The van der Waals surface area contributed by atoms with Crippen LogP contribution in [0.3, 0.4) is 0 Å². The molecule has 0 radical (unpaired) electrons. The molecule has 1 atom stereocenters. The number of para-hydroxylation sites is 2. The quantitative estimate of drug-likeness (QED) is 0.493. The summed E-state index contributed by atoms with van der Waals surface area (Å²) in [5.41, 5.74) is 2.28. The highest BCUT2D eigenvalue weighted by atomic mass is 16.5. The van der Waals surface area contributed by atoms with Crippen LogP contribution in [0.15, 0.2) is 48.5 Å². The maximum atomic E-state index is 5.83. The van der Waals surface area contributed by atoms with Crippen LogP contribution in [0.5, 0.6) is 11.5 Å². The Morgan fingerprint density at radius 2 is 1.67 bits per heavy atom. The Morgan fingerprint density at radius 1 is 0.909 bits per heavy atom. The van der Waals surface area contributed by atoms with Crippen molar-refractivity contribution in [1.82, 2.24) is 25.1 Å². The highest BCUT2D eigenvalue weighted by Gasteiger charge is 2.33. The number of piperazine rings is 1. The van der Waals surface area contributed by atoms with Gasteiger partial charge in [-0.15, -0.1) is 5.10 Å². The SMILES string of the molecule is COc1cccc([C@H](c2nnnn2CCC(C)C)N2CCN(c3ccccc3)CC2)c1OC. The second kappa shape index (κ2) is 10.7. The maximum Gasteiger partial charge on any atom is 0.173 e. The smallest absolute Gasteiger partial charge is 0.173 e. The number of rotatable bonds is 9. The van der Waals surface area contributed by atoms with Crippen molar-refractivity contribution >= 4 is 5.69 Å². The lowest BCUT2D eigenvalue weighted by Gasteiger charge is -2.40. The topological polar surface area (TPSA) is 68.5 Å². The third-order valence-corrected chi connectivity index (χ3v) is 6.25. The molecule has 0 unspecified atom stereocenters. The summed E-state index contributed by atoms with van der Waals surface area (Å²) in [6.07, 6.45) is 1.02. The summed E-state index contributed by atoms with van der Waals surface area (Å²) in [6, 6.07) is 16.5. The molecule has 0 aliphatic carbocycles. The molecule has 0 spiro atoms. The van der Waals surface area contributed by atoms with Gasteiger partial charge in [-0.05, 0) is 41.0 Å². The van der Waals surface area contributed by atoms with Crippen molar-refractivity contribution in [3.8, 4) is 11.5 Å². The molecule has 2 aromatic carbocycles. The van der Waals surface area contributed by atoms with E-state index in [1.807, 2.05) is 16.8 Å². The molecule has 1 fully saturated rings. The van der Waals surface area contributed by atoms with E-state index < -0.39 is 0 Å². The van der Waals surface area contributed by atoms with Crippen LogP contribution in [0.4, 0.5) is 5.69 Å². The van der Waals surface area contributed by atoms with Crippen LogP contribution >= 0.6 is 0 Å². The minimum atomic E-state index is -0.130. The fourth-order valence-electron chi connectivity index (χ4n) is 4.45. The van der Waals surface area contributed by atoms with Crippen molar-refractivity contribution in [1.29, 1.82) is 0 Å². The van der Waals surface area contributed by atoms with Crippen molar-refractivity contribution in [3.05, 3.63) is 59.9 Å². The first-order valence-corrected chi connectivity index (χ1v) is 11.6. The molecule has 3 aromatic rings. The van der Waals surface area contributed by atoms with Gasteiger partial charge < -0.3 is 14.4 Å². The predicted octanol–water partition coefficient (Wildman–Crippen LogP) is 3.65. The first kappa shape index (κ1) is 23.0. The molecule has 2 heterocycles. The van der Waals surface area contributed by atoms with Gasteiger partial charge in [-0.3, -0.25) is 4.90 Å². The Kier molecular flexibility index (Phi) is 7.44. The number of nitrogens with zero attached hydrogens (tertiary/aromatic N) is 6. The highest BCUT2D eigenvalue weighted by molar-refractivity contribution is 5.50. The molecule has 33 heavy (non-hydrogen) atoms. The van der Waals surface area contributed by atoms with E-state index in [0.717, 1.165) is 56.3 Å². The summed E-state index contributed by atoms with van der Waals surface area (Å²) in [6.45, 7) is 8.85.